The standard InChI is InChI=1S/C37H60O7Si4/c1-38-45(29-17-20-32-46(39-2,40-3)35-23-11-8-12-24-35,30-18-21-33-47(41-4,42-5)36-25-13-9-14-26-36)31-19-22-34-48(43-6,44-7)37-27-15-10-16-28-37/h8-16,23-28H,17-22,29-34H2,1-7H3. The van der Waals surface area contributed by atoms with E-state index in [1.807, 2.05) is 25.3 Å². The SMILES string of the molecule is CO[Si](CCCC[Si](OC)(OC)c1ccccc1)(CCCC[Si](OC)(OC)c1ccccc1)CCCC[Si](OC)(OC)c1ccccc1. The number of hydrogen-bond donors (Lipinski definition) is 0. The summed E-state index contributed by atoms with van der Waals surface area (Å²) in [6.07, 6.45) is 6.46. The van der Waals surface area contributed by atoms with Crippen molar-refractivity contribution in [3.63, 3.8) is 0 Å². The molecule has 0 bridgehead atoms. The lowest BCUT2D eigenvalue weighted by molar-refractivity contribution is 0.256. The van der Waals surface area contributed by atoms with E-state index in [9.17, 15) is 0 Å². The van der Waals surface area contributed by atoms with Crippen LogP contribution in [0.3, 0.4) is 0 Å². The van der Waals surface area contributed by atoms with Crippen molar-refractivity contribution in [2.24, 2.45) is 0 Å². The molecule has 11 heteroatoms. The van der Waals surface area contributed by atoms with Crippen molar-refractivity contribution < 1.29 is 31.0 Å². The van der Waals surface area contributed by atoms with Gasteiger partial charge in [0.25, 0.3) is 0 Å². The Morgan fingerprint density at radius 3 is 0.750 bits per heavy atom. The molecule has 0 spiro atoms. The van der Waals surface area contributed by atoms with Gasteiger partial charge in [0, 0.05) is 49.8 Å². The molecule has 3 aromatic rings. The number of benzene rings is 3. The number of unbranched alkanes of at least 4 members (excludes halogenated alkanes) is 3. The van der Waals surface area contributed by atoms with Crippen LogP contribution in [0.1, 0.15) is 38.5 Å². The zero-order valence-electron chi connectivity index (χ0n) is 30.5. The van der Waals surface area contributed by atoms with Gasteiger partial charge in [0.1, 0.15) is 0 Å². The van der Waals surface area contributed by atoms with Crippen LogP contribution in [-0.2, 0) is 31.0 Å². The summed E-state index contributed by atoms with van der Waals surface area (Å²) in [5.41, 5.74) is 0. The number of rotatable bonds is 25. The smallest absolute Gasteiger partial charge is 0.371 e. The Morgan fingerprint density at radius 1 is 0.312 bits per heavy atom. The summed E-state index contributed by atoms with van der Waals surface area (Å²) >= 11 is 0. The van der Waals surface area contributed by atoms with E-state index >= 15 is 0 Å². The van der Waals surface area contributed by atoms with Gasteiger partial charge in [-0.2, -0.15) is 0 Å². The molecule has 0 saturated carbocycles. The summed E-state index contributed by atoms with van der Waals surface area (Å²) < 4.78 is 43.4. The Morgan fingerprint density at radius 2 is 0.542 bits per heavy atom. The second-order valence-corrected chi connectivity index (χ2v) is 27.1. The van der Waals surface area contributed by atoms with Crippen LogP contribution >= 0.6 is 0 Å². The summed E-state index contributed by atoms with van der Waals surface area (Å²) in [5, 5.41) is 3.57. The second-order valence-electron chi connectivity index (χ2n) is 12.6. The molecule has 3 aromatic carbocycles. The Labute approximate surface area is 295 Å². The van der Waals surface area contributed by atoms with E-state index in [1.54, 1.807) is 42.7 Å². The van der Waals surface area contributed by atoms with E-state index in [2.05, 4.69) is 72.8 Å². The van der Waals surface area contributed by atoms with Crippen molar-refractivity contribution in [1.82, 2.24) is 0 Å². The molecule has 0 aliphatic heterocycles. The van der Waals surface area contributed by atoms with Gasteiger partial charge in [-0.25, -0.2) is 0 Å². The zero-order valence-corrected chi connectivity index (χ0v) is 34.5. The molecule has 0 heterocycles. The van der Waals surface area contributed by atoms with Crippen LogP contribution in [-0.4, -0.2) is 83.8 Å². The highest BCUT2D eigenvalue weighted by atomic mass is 28.4. The molecular weight excluding hydrogens is 669 g/mol. The Balaban J connectivity index is 1.69. The third-order valence-electron chi connectivity index (χ3n) is 10.2. The molecule has 0 aliphatic rings. The van der Waals surface area contributed by atoms with Crippen LogP contribution in [0, 0.1) is 0 Å². The first-order chi connectivity index (χ1) is 23.4. The van der Waals surface area contributed by atoms with E-state index < -0.39 is 34.0 Å². The summed E-state index contributed by atoms with van der Waals surface area (Å²) in [7, 11) is 3.25. The average Bonchev–Trinajstić information content (AvgIpc) is 3.16. The highest BCUT2D eigenvalue weighted by Gasteiger charge is 2.41. The van der Waals surface area contributed by atoms with Gasteiger partial charge in [-0.15, -0.1) is 0 Å². The molecule has 48 heavy (non-hydrogen) atoms. The van der Waals surface area contributed by atoms with E-state index in [4.69, 9.17) is 31.0 Å². The van der Waals surface area contributed by atoms with Gasteiger partial charge in [-0.05, 0) is 51.8 Å². The van der Waals surface area contributed by atoms with E-state index in [0.29, 0.717) is 0 Å². The fourth-order valence-electron chi connectivity index (χ4n) is 7.17. The third-order valence-corrected chi connectivity index (χ3v) is 25.5. The Kier molecular flexibility index (Phi) is 17.6. The van der Waals surface area contributed by atoms with Crippen molar-refractivity contribution in [1.29, 1.82) is 0 Å². The maximum Gasteiger partial charge on any atom is 0.371 e. The van der Waals surface area contributed by atoms with E-state index in [0.717, 1.165) is 74.8 Å². The minimum atomic E-state index is -2.48. The lowest BCUT2D eigenvalue weighted by Crippen LogP contribution is -2.52. The molecule has 0 unspecified atom stereocenters. The summed E-state index contributed by atoms with van der Waals surface area (Å²) in [6, 6.07) is 37.6. The molecule has 0 aromatic heterocycles. The maximum absolute atomic E-state index is 6.63. The molecule has 3 rings (SSSR count). The Hall–Kier alpha value is -1.75. The molecule has 266 valence electrons. The van der Waals surface area contributed by atoms with Crippen molar-refractivity contribution in [2.75, 3.05) is 49.8 Å². The van der Waals surface area contributed by atoms with Gasteiger partial charge >= 0.3 is 25.7 Å². The fraction of sp³-hybridized carbons (Fsp3) is 0.514. The normalized spacial score (nSPS) is 12.8. The minimum absolute atomic E-state index is 0.929. The van der Waals surface area contributed by atoms with Gasteiger partial charge < -0.3 is 31.0 Å². The van der Waals surface area contributed by atoms with Crippen molar-refractivity contribution >= 4 is 49.6 Å². The Bertz CT molecular complexity index is 1100. The first-order valence-corrected chi connectivity index (χ1v) is 26.0. The molecular formula is C37H60O7Si4. The van der Waals surface area contributed by atoms with Crippen LogP contribution < -0.4 is 15.6 Å². The number of hydrogen-bond acceptors (Lipinski definition) is 7. The summed E-state index contributed by atoms with van der Waals surface area (Å²) in [4.78, 5) is 0. The molecule has 7 nitrogen and oxygen atoms in total. The molecule has 0 N–H and O–H groups in total. The first-order valence-electron chi connectivity index (χ1n) is 17.4. The summed E-state index contributed by atoms with van der Waals surface area (Å²) in [6.45, 7) is 0. The van der Waals surface area contributed by atoms with Crippen LogP contribution in [0.5, 0.6) is 0 Å². The van der Waals surface area contributed by atoms with Crippen molar-refractivity contribution in [3.8, 4) is 0 Å². The van der Waals surface area contributed by atoms with Gasteiger partial charge in [0.2, 0.25) is 0 Å². The van der Waals surface area contributed by atoms with Gasteiger partial charge in [0.05, 0.1) is 0 Å². The predicted molar refractivity (Wildman–Crippen MR) is 207 cm³/mol. The lowest BCUT2D eigenvalue weighted by Gasteiger charge is -2.33. The van der Waals surface area contributed by atoms with E-state index in [1.165, 1.54) is 15.6 Å². The second kappa shape index (κ2) is 20.8. The van der Waals surface area contributed by atoms with Crippen LogP contribution in [0.25, 0.3) is 0 Å². The van der Waals surface area contributed by atoms with Gasteiger partial charge in [-0.1, -0.05) is 130 Å². The quantitative estimate of drug-likeness (QED) is 0.0699. The molecule has 0 radical (unpaired) electrons. The van der Waals surface area contributed by atoms with Crippen molar-refractivity contribution in [2.45, 2.75) is 74.8 Å². The topological polar surface area (TPSA) is 64.6 Å². The van der Waals surface area contributed by atoms with Crippen LogP contribution in [0.15, 0.2) is 91.0 Å². The minimum Gasteiger partial charge on any atom is -0.420 e. The van der Waals surface area contributed by atoms with E-state index in [-0.39, 0.29) is 0 Å². The largest absolute Gasteiger partial charge is 0.420 e. The first kappa shape index (κ1) is 40.7. The predicted octanol–water partition coefficient (Wildman–Crippen LogP) is 6.85. The molecule has 0 aliphatic carbocycles. The fourth-order valence-corrected chi connectivity index (χ4v) is 19.5. The van der Waals surface area contributed by atoms with Gasteiger partial charge in [0.15, 0.2) is 8.32 Å². The summed E-state index contributed by atoms with van der Waals surface area (Å²) in [5.74, 6) is 0. The molecule has 0 amide bonds. The highest BCUT2D eigenvalue weighted by Crippen LogP contribution is 2.32. The monoisotopic (exact) mass is 728 g/mol. The molecule has 0 fully saturated rings. The van der Waals surface area contributed by atoms with Crippen molar-refractivity contribution in [3.05, 3.63) is 91.0 Å². The maximum atomic E-state index is 6.63. The average molecular weight is 729 g/mol. The van der Waals surface area contributed by atoms with Crippen LogP contribution in [0.2, 0.25) is 36.3 Å². The van der Waals surface area contributed by atoms with Crippen LogP contribution in [0.4, 0.5) is 0 Å². The zero-order chi connectivity index (χ0) is 34.8. The highest BCUT2D eigenvalue weighted by molar-refractivity contribution is 6.82. The molecule has 0 saturated heterocycles. The lowest BCUT2D eigenvalue weighted by atomic mass is 10.4. The third kappa shape index (κ3) is 10.6. The van der Waals surface area contributed by atoms with Gasteiger partial charge in [-0.3, -0.25) is 0 Å². The molecule has 0 atom stereocenters.